The van der Waals surface area contributed by atoms with Crippen LogP contribution < -0.4 is 10.2 Å². The highest BCUT2D eigenvalue weighted by atomic mass is 16.1. The van der Waals surface area contributed by atoms with Gasteiger partial charge < -0.3 is 10.2 Å². The summed E-state index contributed by atoms with van der Waals surface area (Å²) in [7, 11) is 3.95. The third-order valence-electron chi connectivity index (χ3n) is 3.79. The Balaban J connectivity index is 2.11. The minimum absolute atomic E-state index is 0.174. The van der Waals surface area contributed by atoms with Crippen LogP contribution in [0.25, 0.3) is 22.1 Å². The van der Waals surface area contributed by atoms with Crippen LogP contribution in [0, 0.1) is 18.3 Å². The van der Waals surface area contributed by atoms with Gasteiger partial charge in [-0.1, -0.05) is 0 Å². The van der Waals surface area contributed by atoms with E-state index in [0.717, 1.165) is 27.8 Å². The Morgan fingerprint density at radius 1 is 1.12 bits per heavy atom. The fourth-order valence-electron chi connectivity index (χ4n) is 2.49. The van der Waals surface area contributed by atoms with Crippen LogP contribution in [0.3, 0.4) is 0 Å². The number of aryl methyl sites for hydroxylation is 1. The topological polar surface area (TPSA) is 81.9 Å². The smallest absolute Gasteiger partial charge is 0.238 e. The van der Waals surface area contributed by atoms with Crippen LogP contribution in [0.2, 0.25) is 0 Å². The zero-order valence-electron chi connectivity index (χ0n) is 13.8. The number of hydrogen-bond donors (Lipinski definition) is 1. The number of fused-ring (bicyclic) bond motifs is 2. The number of carbonyl (C=O) groups excluding carboxylic acids is 1. The van der Waals surface area contributed by atoms with Gasteiger partial charge in [0.2, 0.25) is 5.91 Å². The van der Waals surface area contributed by atoms with Gasteiger partial charge in [-0.3, -0.25) is 4.79 Å². The van der Waals surface area contributed by atoms with Gasteiger partial charge in [0.25, 0.3) is 0 Å². The second kappa shape index (κ2) is 6.13. The number of aromatic nitrogens is 2. The van der Waals surface area contributed by atoms with E-state index >= 15 is 0 Å². The maximum atomic E-state index is 11.7. The van der Waals surface area contributed by atoms with Gasteiger partial charge in [-0.2, -0.15) is 5.26 Å². The number of amides is 1. The standard InChI is InChI=1S/C18H17N5O/c1-11-8-15-17(10-14(11)22-18(24)6-7-19)21-16-9-12(23(2)3)4-5-13(16)20-15/h4-5,8-10H,6H2,1-3H3,(H,22,24). The highest BCUT2D eigenvalue weighted by Gasteiger charge is 2.09. The van der Waals surface area contributed by atoms with Crippen LogP contribution in [0.4, 0.5) is 11.4 Å². The van der Waals surface area contributed by atoms with Crippen molar-refractivity contribution < 1.29 is 4.79 Å². The SMILES string of the molecule is Cc1cc2nc3ccc(N(C)C)cc3nc2cc1NC(=O)CC#N. The number of nitrogens with one attached hydrogen (secondary N) is 1. The first-order valence-corrected chi connectivity index (χ1v) is 7.54. The van der Waals surface area contributed by atoms with Gasteiger partial charge in [-0.05, 0) is 42.8 Å². The third kappa shape index (κ3) is 2.97. The van der Waals surface area contributed by atoms with Crippen LogP contribution in [-0.4, -0.2) is 30.0 Å². The molecule has 1 N–H and O–H groups in total. The number of nitrogens with zero attached hydrogens (tertiary/aromatic N) is 4. The van der Waals surface area contributed by atoms with Gasteiger partial charge in [0.05, 0.1) is 28.1 Å². The van der Waals surface area contributed by atoms with Crippen molar-refractivity contribution in [1.82, 2.24) is 9.97 Å². The average molecular weight is 319 g/mol. The summed E-state index contributed by atoms with van der Waals surface area (Å²) in [5.41, 5.74) is 5.69. The van der Waals surface area contributed by atoms with Gasteiger partial charge in [-0.15, -0.1) is 0 Å². The number of carbonyl (C=O) groups is 1. The molecule has 0 fully saturated rings. The number of hydrogen-bond acceptors (Lipinski definition) is 5. The summed E-state index contributed by atoms with van der Waals surface area (Å²) < 4.78 is 0. The molecular formula is C18H17N5O. The molecule has 6 nitrogen and oxygen atoms in total. The molecule has 0 spiro atoms. The molecule has 2 aromatic carbocycles. The number of anilines is 2. The molecule has 1 amide bonds. The molecule has 0 radical (unpaired) electrons. The van der Waals surface area contributed by atoms with Gasteiger partial charge in [-0.25, -0.2) is 9.97 Å². The Morgan fingerprint density at radius 2 is 1.79 bits per heavy atom. The van der Waals surface area contributed by atoms with Crippen molar-refractivity contribution in [3.63, 3.8) is 0 Å². The molecule has 3 rings (SSSR count). The van der Waals surface area contributed by atoms with Gasteiger partial charge >= 0.3 is 0 Å². The lowest BCUT2D eigenvalue weighted by atomic mass is 10.1. The maximum absolute atomic E-state index is 11.7. The molecule has 0 aliphatic heterocycles. The molecule has 0 atom stereocenters. The monoisotopic (exact) mass is 319 g/mol. The normalized spacial score (nSPS) is 10.6. The van der Waals surface area contributed by atoms with Gasteiger partial charge in [0, 0.05) is 25.5 Å². The molecular weight excluding hydrogens is 302 g/mol. The second-order valence-electron chi connectivity index (χ2n) is 5.83. The summed E-state index contributed by atoms with van der Waals surface area (Å²) in [4.78, 5) is 23.0. The Morgan fingerprint density at radius 3 is 2.50 bits per heavy atom. The van der Waals surface area contributed by atoms with Crippen LogP contribution in [0.1, 0.15) is 12.0 Å². The lowest BCUT2D eigenvalue weighted by Gasteiger charge is -2.13. The van der Waals surface area contributed by atoms with Crippen molar-refractivity contribution in [2.45, 2.75) is 13.3 Å². The average Bonchev–Trinajstić information content (AvgIpc) is 2.53. The van der Waals surface area contributed by atoms with E-state index in [1.54, 1.807) is 6.07 Å². The van der Waals surface area contributed by atoms with Crippen LogP contribution in [0.15, 0.2) is 30.3 Å². The van der Waals surface area contributed by atoms with E-state index in [2.05, 4.69) is 15.3 Å². The molecule has 0 saturated heterocycles. The summed E-state index contributed by atoms with van der Waals surface area (Å²) in [6, 6.07) is 11.5. The van der Waals surface area contributed by atoms with E-state index in [9.17, 15) is 4.79 Å². The molecule has 3 aromatic rings. The second-order valence-corrected chi connectivity index (χ2v) is 5.83. The minimum atomic E-state index is -0.330. The van der Waals surface area contributed by atoms with Gasteiger partial charge in [0.15, 0.2) is 0 Å². The van der Waals surface area contributed by atoms with Crippen LogP contribution >= 0.6 is 0 Å². The molecule has 0 bridgehead atoms. The van der Waals surface area contributed by atoms with Crippen molar-refractivity contribution >= 4 is 39.3 Å². The Bertz CT molecular complexity index is 988. The van der Waals surface area contributed by atoms with Crippen LogP contribution in [0.5, 0.6) is 0 Å². The van der Waals surface area contributed by atoms with Crippen molar-refractivity contribution in [2.75, 3.05) is 24.3 Å². The fraction of sp³-hybridized carbons (Fsp3) is 0.222. The minimum Gasteiger partial charge on any atom is -0.378 e. The highest BCUT2D eigenvalue weighted by Crippen LogP contribution is 2.25. The largest absolute Gasteiger partial charge is 0.378 e. The summed E-state index contributed by atoms with van der Waals surface area (Å²) in [5, 5.41) is 11.4. The molecule has 1 heterocycles. The lowest BCUT2D eigenvalue weighted by molar-refractivity contribution is -0.115. The highest BCUT2D eigenvalue weighted by molar-refractivity contribution is 5.96. The maximum Gasteiger partial charge on any atom is 0.238 e. The first kappa shape index (κ1) is 15.7. The van der Waals surface area contributed by atoms with Crippen molar-refractivity contribution in [3.05, 3.63) is 35.9 Å². The molecule has 0 aliphatic carbocycles. The zero-order valence-corrected chi connectivity index (χ0v) is 13.8. The summed E-state index contributed by atoms with van der Waals surface area (Å²) >= 11 is 0. The first-order chi connectivity index (χ1) is 11.5. The molecule has 0 aliphatic rings. The Labute approximate surface area is 139 Å². The first-order valence-electron chi connectivity index (χ1n) is 7.54. The number of benzene rings is 2. The summed E-state index contributed by atoms with van der Waals surface area (Å²) in [5.74, 6) is -0.330. The molecule has 1 aromatic heterocycles. The molecule has 0 unspecified atom stereocenters. The van der Waals surface area contributed by atoms with Crippen LogP contribution in [-0.2, 0) is 4.79 Å². The van der Waals surface area contributed by atoms with Gasteiger partial charge in [0.1, 0.15) is 6.42 Å². The predicted molar refractivity (Wildman–Crippen MR) is 95.0 cm³/mol. The molecule has 120 valence electrons. The molecule has 24 heavy (non-hydrogen) atoms. The predicted octanol–water partition coefficient (Wildman–Crippen LogP) is 3.01. The lowest BCUT2D eigenvalue weighted by Crippen LogP contribution is -2.11. The molecule has 0 saturated carbocycles. The Kier molecular flexibility index (Phi) is 4.00. The Hall–Kier alpha value is -3.20. The van der Waals surface area contributed by atoms with E-state index in [4.69, 9.17) is 5.26 Å². The van der Waals surface area contributed by atoms with E-state index in [1.807, 2.05) is 56.3 Å². The fourth-order valence-corrected chi connectivity index (χ4v) is 2.49. The van der Waals surface area contributed by atoms with Crippen molar-refractivity contribution in [2.24, 2.45) is 0 Å². The third-order valence-corrected chi connectivity index (χ3v) is 3.79. The number of nitriles is 1. The summed E-state index contributed by atoms with van der Waals surface area (Å²) in [6.07, 6.45) is -0.174. The van der Waals surface area contributed by atoms with E-state index < -0.39 is 0 Å². The van der Waals surface area contributed by atoms with E-state index in [1.165, 1.54) is 0 Å². The molecule has 6 heteroatoms. The van der Waals surface area contributed by atoms with E-state index in [0.29, 0.717) is 11.2 Å². The van der Waals surface area contributed by atoms with Crippen molar-refractivity contribution in [1.29, 1.82) is 5.26 Å². The summed E-state index contributed by atoms with van der Waals surface area (Å²) in [6.45, 7) is 1.89. The van der Waals surface area contributed by atoms with Crippen molar-refractivity contribution in [3.8, 4) is 6.07 Å². The van der Waals surface area contributed by atoms with E-state index in [-0.39, 0.29) is 12.3 Å². The quantitative estimate of drug-likeness (QED) is 0.750. The number of rotatable bonds is 3. The zero-order chi connectivity index (χ0) is 17.3.